The number of aliphatic hydroxyl groups excluding tert-OH is 1. The Balaban J connectivity index is 1.40. The fourth-order valence-electron chi connectivity index (χ4n) is 5.06. The van der Waals surface area contributed by atoms with Gasteiger partial charge in [-0.2, -0.15) is 10.1 Å². The van der Waals surface area contributed by atoms with E-state index in [0.717, 1.165) is 61.4 Å². The molecule has 1 fully saturated rings. The number of benzene rings is 1. The van der Waals surface area contributed by atoms with E-state index in [2.05, 4.69) is 32.4 Å². The molecule has 0 saturated carbocycles. The average Bonchev–Trinajstić information content (AvgIpc) is 3.46. The van der Waals surface area contributed by atoms with Gasteiger partial charge in [-0.3, -0.25) is 9.69 Å². The first-order chi connectivity index (χ1) is 16.6. The van der Waals surface area contributed by atoms with Crippen LogP contribution in [0.25, 0.3) is 11.0 Å². The predicted octanol–water partition coefficient (Wildman–Crippen LogP) is 1.94. The van der Waals surface area contributed by atoms with Crippen LogP contribution in [0.15, 0.2) is 24.5 Å². The van der Waals surface area contributed by atoms with Gasteiger partial charge in [0.2, 0.25) is 11.9 Å². The van der Waals surface area contributed by atoms with Crippen LogP contribution in [0.4, 0.5) is 11.6 Å². The fraction of sp³-hybridized carbons (Fsp3) is 0.500. The Labute approximate surface area is 198 Å². The number of carbonyl (C=O) groups is 1. The first-order valence-corrected chi connectivity index (χ1v) is 11.8. The van der Waals surface area contributed by atoms with Crippen LogP contribution in [0.3, 0.4) is 0 Å². The number of ether oxygens (including phenoxy) is 1. The molecular weight excluding hydrogens is 434 g/mol. The SMILES string of the molecule is COc1cc2c(cc1Nc1ncc3cnn(CC4CCCN4C(C)=O)c3n1)CN(CCO)CC2. The number of methoxy groups -OCH3 is 1. The normalized spacial score (nSPS) is 18.3. The highest BCUT2D eigenvalue weighted by Crippen LogP contribution is 2.33. The highest BCUT2D eigenvalue weighted by atomic mass is 16.5. The summed E-state index contributed by atoms with van der Waals surface area (Å²) in [6.07, 6.45) is 6.43. The highest BCUT2D eigenvalue weighted by molar-refractivity contribution is 5.76. The first-order valence-electron chi connectivity index (χ1n) is 11.8. The molecule has 180 valence electrons. The van der Waals surface area contributed by atoms with E-state index in [0.29, 0.717) is 19.0 Å². The standard InChI is InChI=1S/C24H31N7O3/c1-16(33)30-6-3-4-20(30)15-31-23-19(13-26-31)12-25-24(28-23)27-21-10-18-14-29(8-9-32)7-5-17(18)11-22(21)34-2/h10-13,20,32H,3-9,14-15H2,1-2H3,(H,25,27,28). The number of hydrogen-bond donors (Lipinski definition) is 2. The van der Waals surface area contributed by atoms with Crippen LogP contribution in [0, 0.1) is 0 Å². The summed E-state index contributed by atoms with van der Waals surface area (Å²) < 4.78 is 7.52. The van der Waals surface area contributed by atoms with Crippen molar-refractivity contribution in [3.05, 3.63) is 35.7 Å². The smallest absolute Gasteiger partial charge is 0.229 e. The fourth-order valence-corrected chi connectivity index (χ4v) is 5.06. The number of nitrogens with zero attached hydrogens (tertiary/aromatic N) is 6. The van der Waals surface area contributed by atoms with Gasteiger partial charge < -0.3 is 20.1 Å². The van der Waals surface area contributed by atoms with Gasteiger partial charge in [0.25, 0.3) is 0 Å². The largest absolute Gasteiger partial charge is 0.495 e. The van der Waals surface area contributed by atoms with Crippen molar-refractivity contribution in [1.29, 1.82) is 0 Å². The third kappa shape index (κ3) is 4.43. The number of nitrogens with one attached hydrogen (secondary N) is 1. The monoisotopic (exact) mass is 465 g/mol. The van der Waals surface area contributed by atoms with Crippen LogP contribution in [0.2, 0.25) is 0 Å². The van der Waals surface area contributed by atoms with Gasteiger partial charge in [0.15, 0.2) is 5.65 Å². The maximum absolute atomic E-state index is 12.0. The van der Waals surface area contributed by atoms with Crippen LogP contribution in [0.1, 0.15) is 30.9 Å². The van der Waals surface area contributed by atoms with Gasteiger partial charge in [-0.05, 0) is 42.5 Å². The Bertz CT molecular complexity index is 1190. The molecule has 1 saturated heterocycles. The average molecular weight is 466 g/mol. The first kappa shape index (κ1) is 22.5. The van der Waals surface area contributed by atoms with Crippen LogP contribution < -0.4 is 10.1 Å². The third-order valence-corrected chi connectivity index (χ3v) is 6.82. The van der Waals surface area contributed by atoms with E-state index < -0.39 is 0 Å². The number of aliphatic hydroxyl groups is 1. The molecule has 10 nitrogen and oxygen atoms in total. The van der Waals surface area contributed by atoms with Crippen molar-refractivity contribution in [2.45, 2.75) is 45.3 Å². The highest BCUT2D eigenvalue weighted by Gasteiger charge is 2.27. The molecule has 10 heteroatoms. The van der Waals surface area contributed by atoms with Crippen molar-refractivity contribution in [1.82, 2.24) is 29.5 Å². The van der Waals surface area contributed by atoms with Gasteiger partial charge in [-0.1, -0.05) is 0 Å². The zero-order valence-corrected chi connectivity index (χ0v) is 19.7. The van der Waals surface area contributed by atoms with Crippen LogP contribution >= 0.6 is 0 Å². The molecule has 2 N–H and O–H groups in total. The van der Waals surface area contributed by atoms with E-state index >= 15 is 0 Å². The summed E-state index contributed by atoms with van der Waals surface area (Å²) in [5, 5.41) is 18.0. The minimum Gasteiger partial charge on any atom is -0.495 e. The zero-order chi connectivity index (χ0) is 23.7. The van der Waals surface area contributed by atoms with Gasteiger partial charge in [0, 0.05) is 39.3 Å². The van der Waals surface area contributed by atoms with Gasteiger partial charge in [0.1, 0.15) is 5.75 Å². The summed E-state index contributed by atoms with van der Waals surface area (Å²) in [4.78, 5) is 25.4. The van der Waals surface area contributed by atoms with Crippen molar-refractivity contribution >= 4 is 28.6 Å². The van der Waals surface area contributed by atoms with Crippen LogP contribution in [-0.4, -0.2) is 80.0 Å². The number of anilines is 2. The molecule has 1 amide bonds. The van der Waals surface area contributed by atoms with E-state index in [1.54, 1.807) is 26.4 Å². The second kappa shape index (κ2) is 9.55. The number of β-amino-alcohol motifs (C(OH)–C–C–N with tert-alkyl or cyclic N) is 1. The molecular formula is C24H31N7O3. The molecule has 2 aliphatic heterocycles. The summed E-state index contributed by atoms with van der Waals surface area (Å²) >= 11 is 0. The summed E-state index contributed by atoms with van der Waals surface area (Å²) in [6.45, 7) is 5.57. The van der Waals surface area contributed by atoms with Crippen molar-refractivity contribution in [2.75, 3.05) is 38.7 Å². The van der Waals surface area contributed by atoms with Crippen molar-refractivity contribution in [2.24, 2.45) is 0 Å². The molecule has 3 aromatic rings. The van der Waals surface area contributed by atoms with Crippen LogP contribution in [-0.2, 0) is 24.3 Å². The van der Waals surface area contributed by atoms with E-state index in [-0.39, 0.29) is 18.6 Å². The Hall–Kier alpha value is -3.24. The minimum atomic E-state index is 0.105. The maximum Gasteiger partial charge on any atom is 0.229 e. The topological polar surface area (TPSA) is 109 Å². The third-order valence-electron chi connectivity index (χ3n) is 6.82. The van der Waals surface area contributed by atoms with Crippen LogP contribution in [0.5, 0.6) is 5.75 Å². The maximum atomic E-state index is 12.0. The molecule has 2 aliphatic rings. The Kier molecular flexibility index (Phi) is 6.34. The summed E-state index contributed by atoms with van der Waals surface area (Å²) in [6, 6.07) is 4.30. The Morgan fingerprint density at radius 1 is 1.26 bits per heavy atom. The van der Waals surface area contributed by atoms with E-state index in [1.807, 2.05) is 9.58 Å². The Morgan fingerprint density at radius 2 is 2.15 bits per heavy atom. The molecule has 1 aromatic carbocycles. The number of hydrogen-bond acceptors (Lipinski definition) is 8. The van der Waals surface area contributed by atoms with Crippen molar-refractivity contribution in [3.63, 3.8) is 0 Å². The lowest BCUT2D eigenvalue weighted by molar-refractivity contribution is -0.129. The zero-order valence-electron chi connectivity index (χ0n) is 19.7. The Morgan fingerprint density at radius 3 is 2.94 bits per heavy atom. The van der Waals surface area contributed by atoms with Gasteiger partial charge in [-0.25, -0.2) is 9.67 Å². The van der Waals surface area contributed by atoms with Crippen molar-refractivity contribution in [3.8, 4) is 5.75 Å². The second-order valence-corrected chi connectivity index (χ2v) is 9.00. The van der Waals surface area contributed by atoms with E-state index in [4.69, 9.17) is 9.72 Å². The molecule has 5 rings (SSSR count). The van der Waals surface area contributed by atoms with Gasteiger partial charge >= 0.3 is 0 Å². The molecule has 1 atom stereocenters. The van der Waals surface area contributed by atoms with Crippen molar-refractivity contribution < 1.29 is 14.6 Å². The number of rotatable bonds is 7. The molecule has 4 heterocycles. The molecule has 0 aliphatic carbocycles. The number of amides is 1. The lowest BCUT2D eigenvalue weighted by Gasteiger charge is -2.29. The molecule has 0 bridgehead atoms. The summed E-state index contributed by atoms with van der Waals surface area (Å²) in [5.41, 5.74) is 4.01. The molecule has 2 aromatic heterocycles. The number of likely N-dealkylation sites (tertiary alicyclic amines) is 1. The second-order valence-electron chi connectivity index (χ2n) is 9.00. The minimum absolute atomic E-state index is 0.105. The molecule has 0 radical (unpaired) electrons. The van der Waals surface area contributed by atoms with E-state index in [9.17, 15) is 9.90 Å². The summed E-state index contributed by atoms with van der Waals surface area (Å²) in [7, 11) is 1.66. The number of aromatic nitrogens is 4. The molecule has 34 heavy (non-hydrogen) atoms. The quantitative estimate of drug-likeness (QED) is 0.545. The van der Waals surface area contributed by atoms with Gasteiger partial charge in [-0.15, -0.1) is 0 Å². The number of fused-ring (bicyclic) bond motifs is 2. The lowest BCUT2D eigenvalue weighted by Crippen LogP contribution is -2.36. The molecule has 0 spiro atoms. The predicted molar refractivity (Wildman–Crippen MR) is 128 cm³/mol. The number of carbonyl (C=O) groups excluding carboxylic acids is 1. The summed E-state index contributed by atoms with van der Waals surface area (Å²) in [5.74, 6) is 1.31. The van der Waals surface area contributed by atoms with Gasteiger partial charge in [0.05, 0.1) is 43.6 Å². The molecule has 1 unspecified atom stereocenters. The lowest BCUT2D eigenvalue weighted by atomic mass is 9.98. The van der Waals surface area contributed by atoms with E-state index in [1.165, 1.54) is 11.1 Å².